The van der Waals surface area contributed by atoms with Crippen LogP contribution in [0.15, 0.2) is 30.5 Å². The number of hydrogen-bond acceptors (Lipinski definition) is 1. The van der Waals surface area contributed by atoms with Crippen LogP contribution >= 0.6 is 0 Å². The molecule has 2 nitrogen and oxygen atoms in total. The normalized spacial score (nSPS) is 18.5. The molecule has 19 heavy (non-hydrogen) atoms. The third-order valence-corrected chi connectivity index (χ3v) is 3.92. The number of para-hydroxylation sites is 1. The average Bonchev–Trinajstić information content (AvgIpc) is 2.64. The lowest BCUT2D eigenvalue weighted by Crippen LogP contribution is -2.43. The first-order chi connectivity index (χ1) is 8.89. The Hall–Kier alpha value is -1.28. The Morgan fingerprint density at radius 3 is 2.47 bits per heavy atom. The summed E-state index contributed by atoms with van der Waals surface area (Å²) in [6, 6.07) is 8.74. The van der Waals surface area contributed by atoms with Crippen molar-refractivity contribution < 1.29 is 4.74 Å². The molecule has 102 valence electrons. The molecule has 0 atom stereocenters. The highest BCUT2D eigenvalue weighted by atomic mass is 16.5. The van der Waals surface area contributed by atoms with Crippen molar-refractivity contribution in [3.63, 3.8) is 0 Å². The molecule has 0 saturated carbocycles. The van der Waals surface area contributed by atoms with Gasteiger partial charge in [0, 0.05) is 29.1 Å². The van der Waals surface area contributed by atoms with Crippen LogP contribution in [0.3, 0.4) is 0 Å². The van der Waals surface area contributed by atoms with Crippen LogP contribution in [0.25, 0.3) is 10.9 Å². The van der Waals surface area contributed by atoms with Crippen LogP contribution in [-0.2, 0) is 16.7 Å². The molecule has 1 saturated heterocycles. The summed E-state index contributed by atoms with van der Waals surface area (Å²) in [6.07, 6.45) is 2.35. The fourth-order valence-electron chi connectivity index (χ4n) is 2.93. The van der Waals surface area contributed by atoms with Gasteiger partial charge in [0.2, 0.25) is 0 Å². The van der Waals surface area contributed by atoms with E-state index in [0.29, 0.717) is 0 Å². The van der Waals surface area contributed by atoms with Gasteiger partial charge in [-0.25, -0.2) is 0 Å². The van der Waals surface area contributed by atoms with E-state index in [4.69, 9.17) is 4.74 Å². The first-order valence-electron chi connectivity index (χ1n) is 7.05. The maximum absolute atomic E-state index is 5.44. The fourth-order valence-corrected chi connectivity index (χ4v) is 2.93. The summed E-state index contributed by atoms with van der Waals surface area (Å²) in [4.78, 5) is 0. The van der Waals surface area contributed by atoms with Crippen LogP contribution in [0.5, 0.6) is 0 Å². The first kappa shape index (κ1) is 12.7. The lowest BCUT2D eigenvalue weighted by Gasteiger charge is -2.38. The minimum absolute atomic E-state index is 0.197. The van der Waals surface area contributed by atoms with Crippen molar-refractivity contribution >= 4 is 10.9 Å². The van der Waals surface area contributed by atoms with Crippen molar-refractivity contribution in [1.29, 1.82) is 0 Å². The minimum atomic E-state index is 0.197. The lowest BCUT2D eigenvalue weighted by molar-refractivity contribution is -0.0493. The molecule has 2 aromatic rings. The number of fused-ring (bicyclic) bond motifs is 1. The average molecular weight is 257 g/mol. The van der Waals surface area contributed by atoms with Crippen molar-refractivity contribution in [2.75, 3.05) is 13.2 Å². The molecular formula is C17H23NO. The van der Waals surface area contributed by atoms with Crippen molar-refractivity contribution in [2.24, 2.45) is 5.41 Å². The molecule has 0 spiro atoms. The summed E-state index contributed by atoms with van der Waals surface area (Å²) in [5, 5.41) is 1.39. The quantitative estimate of drug-likeness (QED) is 0.794. The SMILES string of the molecule is CC(C)(C)Cn1cc(C2(C)COC2)c2ccccc21. The summed E-state index contributed by atoms with van der Waals surface area (Å²) in [6.45, 7) is 11.9. The van der Waals surface area contributed by atoms with E-state index in [2.05, 4.69) is 62.7 Å². The zero-order chi connectivity index (χ0) is 13.7. The Labute approximate surface area is 115 Å². The van der Waals surface area contributed by atoms with Gasteiger partial charge in [-0.3, -0.25) is 0 Å². The second kappa shape index (κ2) is 4.11. The van der Waals surface area contributed by atoms with Gasteiger partial charge in [0.25, 0.3) is 0 Å². The summed E-state index contributed by atoms with van der Waals surface area (Å²) >= 11 is 0. The van der Waals surface area contributed by atoms with E-state index in [1.165, 1.54) is 16.5 Å². The van der Waals surface area contributed by atoms with Crippen LogP contribution in [0.1, 0.15) is 33.3 Å². The molecule has 1 aromatic carbocycles. The highest BCUT2D eigenvalue weighted by Gasteiger charge is 2.37. The van der Waals surface area contributed by atoms with Crippen molar-refractivity contribution in [2.45, 2.75) is 39.7 Å². The molecule has 3 rings (SSSR count). The summed E-state index contributed by atoms with van der Waals surface area (Å²) < 4.78 is 7.85. The minimum Gasteiger partial charge on any atom is -0.379 e. The summed E-state index contributed by atoms with van der Waals surface area (Å²) in [5.74, 6) is 0. The fraction of sp³-hybridized carbons (Fsp3) is 0.529. The van der Waals surface area contributed by atoms with Crippen LogP contribution in [0.4, 0.5) is 0 Å². The zero-order valence-corrected chi connectivity index (χ0v) is 12.4. The third kappa shape index (κ3) is 2.18. The molecule has 0 N–H and O–H groups in total. The largest absolute Gasteiger partial charge is 0.379 e. The lowest BCUT2D eigenvalue weighted by atomic mass is 9.81. The van der Waals surface area contributed by atoms with E-state index in [-0.39, 0.29) is 10.8 Å². The number of aromatic nitrogens is 1. The van der Waals surface area contributed by atoms with Gasteiger partial charge in [-0.1, -0.05) is 45.9 Å². The van der Waals surface area contributed by atoms with Crippen molar-refractivity contribution in [3.8, 4) is 0 Å². The van der Waals surface area contributed by atoms with Gasteiger partial charge < -0.3 is 9.30 Å². The molecule has 1 aliphatic rings. The molecule has 1 aliphatic heterocycles. The molecule has 1 fully saturated rings. The van der Waals surface area contributed by atoms with Gasteiger partial charge >= 0.3 is 0 Å². The highest BCUT2D eigenvalue weighted by molar-refractivity contribution is 5.85. The van der Waals surface area contributed by atoms with E-state index in [0.717, 1.165) is 19.8 Å². The van der Waals surface area contributed by atoms with E-state index >= 15 is 0 Å². The number of nitrogens with zero attached hydrogens (tertiary/aromatic N) is 1. The highest BCUT2D eigenvalue weighted by Crippen LogP contribution is 2.38. The third-order valence-electron chi connectivity index (χ3n) is 3.92. The second-order valence-corrected chi connectivity index (χ2v) is 7.30. The number of benzene rings is 1. The number of ether oxygens (including phenoxy) is 1. The first-order valence-corrected chi connectivity index (χ1v) is 7.05. The topological polar surface area (TPSA) is 14.2 Å². The van der Waals surface area contributed by atoms with Gasteiger partial charge in [-0.2, -0.15) is 0 Å². The molecule has 0 radical (unpaired) electrons. The molecule has 0 amide bonds. The molecule has 0 aliphatic carbocycles. The standard InChI is InChI=1S/C17H23NO/c1-16(2,3)10-18-9-14(17(4)11-19-12-17)13-7-5-6-8-15(13)18/h5-9H,10-12H2,1-4H3. The van der Waals surface area contributed by atoms with Gasteiger partial charge in [-0.05, 0) is 17.0 Å². The van der Waals surface area contributed by atoms with Gasteiger partial charge in [0.1, 0.15) is 0 Å². The van der Waals surface area contributed by atoms with Gasteiger partial charge in [-0.15, -0.1) is 0 Å². The van der Waals surface area contributed by atoms with Crippen molar-refractivity contribution in [1.82, 2.24) is 4.57 Å². The van der Waals surface area contributed by atoms with Crippen LogP contribution in [0.2, 0.25) is 0 Å². The molecule has 2 heteroatoms. The smallest absolute Gasteiger partial charge is 0.0583 e. The van der Waals surface area contributed by atoms with Gasteiger partial charge in [0.05, 0.1) is 13.2 Å². The second-order valence-electron chi connectivity index (χ2n) is 7.30. The Morgan fingerprint density at radius 2 is 1.89 bits per heavy atom. The van der Waals surface area contributed by atoms with Crippen LogP contribution in [-0.4, -0.2) is 17.8 Å². The van der Waals surface area contributed by atoms with E-state index < -0.39 is 0 Å². The maximum atomic E-state index is 5.44. The molecule has 0 unspecified atom stereocenters. The zero-order valence-electron chi connectivity index (χ0n) is 12.4. The Bertz CT molecular complexity index is 599. The molecule has 0 bridgehead atoms. The number of hydrogen-bond donors (Lipinski definition) is 0. The van der Waals surface area contributed by atoms with E-state index in [1.54, 1.807) is 0 Å². The molecular weight excluding hydrogens is 234 g/mol. The number of rotatable bonds is 2. The predicted octanol–water partition coefficient (Wildman–Crippen LogP) is 3.98. The van der Waals surface area contributed by atoms with Crippen LogP contribution < -0.4 is 0 Å². The Kier molecular flexibility index (Phi) is 2.75. The van der Waals surface area contributed by atoms with E-state index in [9.17, 15) is 0 Å². The maximum Gasteiger partial charge on any atom is 0.0583 e. The van der Waals surface area contributed by atoms with Crippen LogP contribution in [0, 0.1) is 5.41 Å². The monoisotopic (exact) mass is 257 g/mol. The summed E-state index contributed by atoms with van der Waals surface area (Å²) in [7, 11) is 0. The molecule has 2 heterocycles. The van der Waals surface area contributed by atoms with Gasteiger partial charge in [0.15, 0.2) is 0 Å². The molecule has 1 aromatic heterocycles. The Morgan fingerprint density at radius 1 is 1.21 bits per heavy atom. The summed E-state index contributed by atoms with van der Waals surface area (Å²) in [5.41, 5.74) is 3.28. The predicted molar refractivity (Wildman–Crippen MR) is 79.6 cm³/mol. The van der Waals surface area contributed by atoms with E-state index in [1.807, 2.05) is 0 Å². The Balaban J connectivity index is 2.13. The van der Waals surface area contributed by atoms with Crippen molar-refractivity contribution in [3.05, 3.63) is 36.0 Å².